The van der Waals surface area contributed by atoms with Gasteiger partial charge in [-0.1, -0.05) is 23.2 Å². The third-order valence-electron chi connectivity index (χ3n) is 5.06. The van der Waals surface area contributed by atoms with Gasteiger partial charge in [-0.05, 0) is 56.4 Å². The topological polar surface area (TPSA) is 75.0 Å². The minimum Gasteiger partial charge on any atom is -0.462 e. The van der Waals surface area contributed by atoms with Crippen LogP contribution in [0, 0.1) is 11.3 Å². The van der Waals surface area contributed by atoms with Crippen LogP contribution >= 0.6 is 45.9 Å². The monoisotopic (exact) mass is 503 g/mol. The number of benzene rings is 1. The van der Waals surface area contributed by atoms with Crippen LogP contribution in [0.2, 0.25) is 10.0 Å². The lowest BCUT2D eigenvalue weighted by Gasteiger charge is -2.12. The minimum atomic E-state index is -0.324. The number of hydrogen-bond donors (Lipinski definition) is 1. The van der Waals surface area contributed by atoms with Crippen molar-refractivity contribution in [2.45, 2.75) is 32.6 Å². The molecule has 2 heterocycles. The van der Waals surface area contributed by atoms with Crippen LogP contribution in [-0.4, -0.2) is 17.6 Å². The molecule has 0 unspecified atom stereocenters. The van der Waals surface area contributed by atoms with E-state index in [1.54, 1.807) is 42.7 Å². The lowest BCUT2D eigenvalue weighted by molar-refractivity contribution is 0.0526. The second-order valence-electron chi connectivity index (χ2n) is 7.11. The van der Waals surface area contributed by atoms with Gasteiger partial charge in [-0.15, -0.1) is 22.7 Å². The summed E-state index contributed by atoms with van der Waals surface area (Å²) in [7, 11) is 0. The number of esters is 1. The van der Waals surface area contributed by atoms with Gasteiger partial charge in [0.05, 0.1) is 22.9 Å². The number of nitrogens with one attached hydrogen (secondary N) is 1. The van der Waals surface area contributed by atoms with Gasteiger partial charge >= 0.3 is 5.97 Å². The Morgan fingerprint density at radius 3 is 2.91 bits per heavy atom. The first kappa shape index (κ1) is 22.8. The van der Waals surface area contributed by atoms with E-state index in [-0.39, 0.29) is 5.97 Å². The average Bonchev–Trinajstić information content (AvgIpc) is 3.39. The smallest absolute Gasteiger partial charge is 0.341 e. The van der Waals surface area contributed by atoms with Crippen molar-refractivity contribution in [3.05, 3.63) is 60.8 Å². The fourth-order valence-corrected chi connectivity index (χ4v) is 6.12. The highest BCUT2D eigenvalue weighted by molar-refractivity contribution is 7.16. The molecule has 0 fully saturated rings. The van der Waals surface area contributed by atoms with E-state index >= 15 is 0 Å². The van der Waals surface area contributed by atoms with E-state index in [9.17, 15) is 10.1 Å². The molecule has 0 bridgehead atoms. The Balaban J connectivity index is 1.63. The summed E-state index contributed by atoms with van der Waals surface area (Å²) in [5, 5.41) is 17.1. The van der Waals surface area contributed by atoms with Gasteiger partial charge in [0.15, 0.2) is 0 Å². The number of hydrogen-bond acceptors (Lipinski definition) is 7. The van der Waals surface area contributed by atoms with Crippen LogP contribution < -0.4 is 5.32 Å². The number of allylic oxidation sites excluding steroid dienone is 1. The van der Waals surface area contributed by atoms with E-state index < -0.39 is 0 Å². The Morgan fingerprint density at radius 2 is 2.16 bits per heavy atom. The van der Waals surface area contributed by atoms with Gasteiger partial charge in [0.1, 0.15) is 21.7 Å². The SMILES string of the molecule is CCOC(=O)c1c(N/C=C(\C#N)c2nc(-c3ccc(Cl)cc3Cl)cs2)sc2c1CCCC2. The van der Waals surface area contributed by atoms with Crippen molar-refractivity contribution in [2.75, 3.05) is 11.9 Å². The highest BCUT2D eigenvalue weighted by atomic mass is 35.5. The number of fused-ring (bicyclic) bond motifs is 1. The summed E-state index contributed by atoms with van der Waals surface area (Å²) in [5.74, 6) is -0.324. The summed E-state index contributed by atoms with van der Waals surface area (Å²) < 4.78 is 5.29. The summed E-state index contributed by atoms with van der Waals surface area (Å²) in [5.41, 5.74) is 3.45. The first-order valence-corrected chi connectivity index (χ1v) is 12.6. The van der Waals surface area contributed by atoms with Crippen LogP contribution in [0.5, 0.6) is 0 Å². The number of aryl methyl sites for hydroxylation is 1. The Labute approximate surface area is 204 Å². The molecule has 0 spiro atoms. The fraction of sp³-hybridized carbons (Fsp3) is 0.261. The molecule has 1 N–H and O–H groups in total. The predicted molar refractivity (Wildman–Crippen MR) is 132 cm³/mol. The zero-order valence-corrected chi connectivity index (χ0v) is 20.4. The molecular formula is C23H19Cl2N3O2S2. The molecular weight excluding hydrogens is 485 g/mol. The lowest BCUT2D eigenvalue weighted by Crippen LogP contribution is -2.10. The number of halogens is 2. The number of nitrogens with zero attached hydrogens (tertiary/aromatic N) is 2. The highest BCUT2D eigenvalue weighted by Gasteiger charge is 2.26. The van der Waals surface area contributed by atoms with Gasteiger partial charge in [0.25, 0.3) is 0 Å². The zero-order chi connectivity index (χ0) is 22.7. The third-order valence-corrected chi connectivity index (χ3v) is 7.71. The van der Waals surface area contributed by atoms with Crippen molar-refractivity contribution in [3.63, 3.8) is 0 Å². The molecule has 1 aliphatic rings. The van der Waals surface area contributed by atoms with E-state index in [1.165, 1.54) is 16.2 Å². The minimum absolute atomic E-state index is 0.317. The number of aromatic nitrogens is 1. The maximum atomic E-state index is 12.6. The summed E-state index contributed by atoms with van der Waals surface area (Å²) in [6.45, 7) is 2.11. The van der Waals surface area contributed by atoms with Crippen LogP contribution in [-0.2, 0) is 17.6 Å². The molecule has 1 aliphatic carbocycles. The van der Waals surface area contributed by atoms with Crippen molar-refractivity contribution < 1.29 is 9.53 Å². The standard InChI is InChI=1S/C23H19Cl2N3O2S2/c1-2-30-23(29)20-16-5-3-4-6-19(16)32-22(20)27-11-13(10-26)21-28-18(12-31-21)15-8-7-14(24)9-17(15)25/h7-9,11-12,27H,2-6H2,1H3/b13-11+. The maximum absolute atomic E-state index is 12.6. The molecule has 9 heteroatoms. The summed E-state index contributed by atoms with van der Waals surface area (Å²) in [4.78, 5) is 18.4. The Morgan fingerprint density at radius 1 is 1.34 bits per heavy atom. The Hall–Kier alpha value is -2.37. The van der Waals surface area contributed by atoms with Crippen LogP contribution in [0.3, 0.4) is 0 Å². The number of carbonyl (C=O) groups excluding carboxylic acids is 1. The molecule has 0 atom stereocenters. The van der Waals surface area contributed by atoms with Crippen molar-refractivity contribution >= 4 is 62.4 Å². The van der Waals surface area contributed by atoms with E-state index in [0.29, 0.717) is 43.5 Å². The second-order valence-corrected chi connectivity index (χ2v) is 9.92. The van der Waals surface area contributed by atoms with Crippen molar-refractivity contribution in [2.24, 2.45) is 0 Å². The zero-order valence-electron chi connectivity index (χ0n) is 17.2. The number of thiophene rings is 1. The Bertz CT molecular complexity index is 1240. The number of carbonyl (C=O) groups is 1. The largest absolute Gasteiger partial charge is 0.462 e. The van der Waals surface area contributed by atoms with Gasteiger partial charge < -0.3 is 10.1 Å². The molecule has 0 saturated heterocycles. The van der Waals surface area contributed by atoms with Crippen LogP contribution in [0.15, 0.2) is 29.8 Å². The lowest BCUT2D eigenvalue weighted by atomic mass is 9.95. The van der Waals surface area contributed by atoms with Gasteiger partial charge in [0.2, 0.25) is 0 Å². The van der Waals surface area contributed by atoms with Gasteiger partial charge in [-0.3, -0.25) is 0 Å². The molecule has 3 aromatic rings. The van der Waals surface area contributed by atoms with E-state index in [4.69, 9.17) is 27.9 Å². The van der Waals surface area contributed by atoms with Crippen LogP contribution in [0.25, 0.3) is 16.8 Å². The molecule has 1 aromatic carbocycles. The van der Waals surface area contributed by atoms with E-state index in [1.807, 2.05) is 5.38 Å². The molecule has 164 valence electrons. The quantitative estimate of drug-likeness (QED) is 0.284. The van der Waals surface area contributed by atoms with Gasteiger partial charge in [-0.2, -0.15) is 5.26 Å². The summed E-state index contributed by atoms with van der Waals surface area (Å²) in [6, 6.07) is 7.41. The molecule has 4 rings (SSSR count). The molecule has 0 amide bonds. The maximum Gasteiger partial charge on any atom is 0.341 e. The summed E-state index contributed by atoms with van der Waals surface area (Å²) >= 11 is 15.2. The van der Waals surface area contributed by atoms with Gasteiger partial charge in [0, 0.05) is 27.0 Å². The molecule has 2 aromatic heterocycles. The van der Waals surface area contributed by atoms with Crippen molar-refractivity contribution in [1.29, 1.82) is 5.26 Å². The summed E-state index contributed by atoms with van der Waals surface area (Å²) in [6.07, 6.45) is 5.61. The Kier molecular flexibility index (Phi) is 7.17. The van der Waals surface area contributed by atoms with Crippen molar-refractivity contribution in [3.8, 4) is 17.3 Å². The number of nitriles is 1. The third kappa shape index (κ3) is 4.69. The molecule has 32 heavy (non-hydrogen) atoms. The van der Waals surface area contributed by atoms with Crippen LogP contribution in [0.1, 0.15) is 45.6 Å². The number of thiazole rings is 1. The molecule has 0 aliphatic heterocycles. The second kappa shape index (κ2) is 10.1. The first-order chi connectivity index (χ1) is 15.5. The molecule has 0 saturated carbocycles. The average molecular weight is 504 g/mol. The molecule has 5 nitrogen and oxygen atoms in total. The van der Waals surface area contributed by atoms with E-state index in [0.717, 1.165) is 36.8 Å². The number of ether oxygens (including phenoxy) is 1. The molecule has 0 radical (unpaired) electrons. The highest BCUT2D eigenvalue weighted by Crippen LogP contribution is 2.39. The van der Waals surface area contributed by atoms with Crippen molar-refractivity contribution in [1.82, 2.24) is 4.98 Å². The normalized spacial score (nSPS) is 13.4. The van der Waals surface area contributed by atoms with Crippen LogP contribution in [0.4, 0.5) is 5.00 Å². The van der Waals surface area contributed by atoms with Gasteiger partial charge in [-0.25, -0.2) is 9.78 Å². The number of anilines is 1. The fourth-order valence-electron chi connectivity index (χ4n) is 3.58. The number of rotatable bonds is 6. The predicted octanol–water partition coefficient (Wildman–Crippen LogP) is 7.21. The van der Waals surface area contributed by atoms with E-state index in [2.05, 4.69) is 16.4 Å². The first-order valence-electron chi connectivity index (χ1n) is 10.1.